The first-order valence-corrected chi connectivity index (χ1v) is 12.2. The number of amides is 1. The second-order valence-electron chi connectivity index (χ2n) is 8.10. The van der Waals surface area contributed by atoms with Crippen LogP contribution in [0, 0.1) is 0 Å². The maximum atomic E-state index is 12.8. The molecule has 0 fully saturated rings. The van der Waals surface area contributed by atoms with Crippen LogP contribution >= 0.6 is 11.3 Å². The summed E-state index contributed by atoms with van der Waals surface area (Å²) in [6.45, 7) is 4.19. The molecule has 0 radical (unpaired) electrons. The molecule has 2 heterocycles. The first-order chi connectivity index (χ1) is 16.8. The van der Waals surface area contributed by atoms with Gasteiger partial charge in [-0.25, -0.2) is 9.59 Å². The number of ketones is 1. The van der Waals surface area contributed by atoms with Gasteiger partial charge in [0.2, 0.25) is 0 Å². The number of rotatable bonds is 13. The number of hydrogen-bond donors (Lipinski definition) is 2. The fourth-order valence-electron chi connectivity index (χ4n) is 3.31. The lowest BCUT2D eigenvalue weighted by molar-refractivity contribution is 0.102. The Kier molecular flexibility index (Phi) is 11.5. The molecule has 1 unspecified atom stereocenters. The van der Waals surface area contributed by atoms with E-state index in [1.165, 1.54) is 24.3 Å². The van der Waals surface area contributed by atoms with Gasteiger partial charge in [0, 0.05) is 48.1 Å². The molecule has 1 amide bonds. The third-order valence-electron chi connectivity index (χ3n) is 5.39. The molecule has 2 N–H and O–H groups in total. The molecular weight excluding hydrogens is 470 g/mol. The van der Waals surface area contributed by atoms with Crippen LogP contribution in [0.5, 0.6) is 5.75 Å². The number of Topliss-reactive ketones (excluding diaryl/α,β-unsaturated/α-hetero) is 1. The quantitative estimate of drug-likeness (QED) is 0.222. The molecule has 1 atom stereocenters. The van der Waals surface area contributed by atoms with Gasteiger partial charge in [-0.05, 0) is 50.3 Å². The molecule has 2 aromatic rings. The lowest BCUT2D eigenvalue weighted by Crippen LogP contribution is -2.17. The van der Waals surface area contributed by atoms with E-state index in [0.717, 1.165) is 24.3 Å². The highest BCUT2D eigenvalue weighted by Gasteiger charge is 2.22. The van der Waals surface area contributed by atoms with E-state index in [2.05, 4.69) is 16.1 Å². The number of ether oxygens (including phenoxy) is 2. The zero-order chi connectivity index (χ0) is 25.8. The average molecular weight is 504 g/mol. The van der Waals surface area contributed by atoms with Crippen LogP contribution in [0.1, 0.15) is 64.9 Å². The fourth-order valence-corrected chi connectivity index (χ4v) is 4.33. The zero-order valence-electron chi connectivity index (χ0n) is 20.6. The summed E-state index contributed by atoms with van der Waals surface area (Å²) in [5.41, 5.74) is -0.849. The maximum absolute atomic E-state index is 12.8. The Hall–Kier alpha value is -3.17. The average Bonchev–Trinajstić information content (AvgIpc) is 3.29. The number of methoxy groups -OCH3 is 2. The van der Waals surface area contributed by atoms with Crippen molar-refractivity contribution in [2.45, 2.75) is 51.9 Å². The highest BCUT2D eigenvalue weighted by molar-refractivity contribution is 7.12. The summed E-state index contributed by atoms with van der Waals surface area (Å²) < 4.78 is 14.9. The van der Waals surface area contributed by atoms with E-state index >= 15 is 0 Å². The standard InChI is InChI=1S/C26H33NO7S/c1-17(8-5-6-14-27-26(31)33-4)22-16-21(28)23(25(30)34-22)24(29)18(2)10-11-20-13-12-19(35-20)9-7-15-32-3/h6,10,12-14,16-17,28H,5,7-9,11,15H2,1-4H3,(H,27,31)/b14-6+,18-10-. The van der Waals surface area contributed by atoms with Crippen LogP contribution in [0.15, 0.2) is 51.3 Å². The van der Waals surface area contributed by atoms with E-state index < -0.39 is 17.5 Å². The smallest absolute Gasteiger partial charge is 0.410 e. The third kappa shape index (κ3) is 8.84. The summed E-state index contributed by atoms with van der Waals surface area (Å²) >= 11 is 1.68. The minimum absolute atomic E-state index is 0.186. The summed E-state index contributed by atoms with van der Waals surface area (Å²) in [4.78, 5) is 38.8. The van der Waals surface area contributed by atoms with E-state index in [0.29, 0.717) is 30.6 Å². The molecule has 0 saturated heterocycles. The monoisotopic (exact) mass is 503 g/mol. The number of allylic oxidation sites excluding steroid dienone is 3. The predicted molar refractivity (Wildman–Crippen MR) is 135 cm³/mol. The third-order valence-corrected chi connectivity index (χ3v) is 6.56. The molecule has 9 heteroatoms. The Morgan fingerprint density at radius 3 is 2.69 bits per heavy atom. The molecule has 2 rings (SSSR count). The van der Waals surface area contributed by atoms with Crippen LogP contribution in [0.3, 0.4) is 0 Å². The second kappa shape index (κ2) is 14.3. The van der Waals surface area contributed by atoms with Crippen molar-refractivity contribution in [2.75, 3.05) is 20.8 Å². The zero-order valence-corrected chi connectivity index (χ0v) is 21.4. The molecule has 0 spiro atoms. The highest BCUT2D eigenvalue weighted by atomic mass is 32.1. The summed E-state index contributed by atoms with van der Waals surface area (Å²) in [5.74, 6) is -0.835. The number of carbonyl (C=O) groups excluding carboxylic acids is 2. The van der Waals surface area contributed by atoms with Gasteiger partial charge in [-0.15, -0.1) is 11.3 Å². The van der Waals surface area contributed by atoms with Crippen LogP contribution in [0.2, 0.25) is 0 Å². The number of aromatic hydroxyl groups is 1. The summed E-state index contributed by atoms with van der Waals surface area (Å²) in [6, 6.07) is 5.44. The Morgan fingerprint density at radius 1 is 1.26 bits per heavy atom. The SMILES string of the molecule is COCCCc1ccc(C/C=C(/C)C(=O)c2c(O)cc(C(C)CC/C=C/NC(=O)OC)oc2=O)s1. The second-order valence-corrected chi connectivity index (χ2v) is 9.35. The predicted octanol–water partition coefficient (Wildman–Crippen LogP) is 5.11. The Bertz CT molecular complexity index is 1110. The normalized spacial score (nSPS) is 12.6. The molecule has 190 valence electrons. The lowest BCUT2D eigenvalue weighted by atomic mass is 9.99. The van der Waals surface area contributed by atoms with Crippen LogP contribution in [0.25, 0.3) is 0 Å². The van der Waals surface area contributed by atoms with Crippen LogP contribution in [-0.4, -0.2) is 37.8 Å². The summed E-state index contributed by atoms with van der Waals surface area (Å²) in [5, 5.41) is 12.9. The molecule has 0 aliphatic rings. The number of aryl methyl sites for hydroxylation is 1. The minimum atomic E-state index is -0.857. The van der Waals surface area contributed by atoms with Gasteiger partial charge < -0.3 is 19.0 Å². The van der Waals surface area contributed by atoms with Crippen molar-refractivity contribution in [3.05, 3.63) is 73.6 Å². The van der Waals surface area contributed by atoms with Crippen LogP contribution in [-0.2, 0) is 22.3 Å². The van der Waals surface area contributed by atoms with E-state index in [-0.39, 0.29) is 17.2 Å². The molecular formula is C26H33NO7S. The number of thiophene rings is 1. The first kappa shape index (κ1) is 28.1. The fraction of sp³-hybridized carbons (Fsp3) is 0.423. The van der Waals surface area contributed by atoms with Gasteiger partial charge in [-0.1, -0.05) is 19.1 Å². The van der Waals surface area contributed by atoms with Gasteiger partial charge in [0.05, 0.1) is 7.11 Å². The summed E-state index contributed by atoms with van der Waals surface area (Å²) in [7, 11) is 2.96. The van der Waals surface area contributed by atoms with E-state index in [9.17, 15) is 19.5 Å². The molecule has 0 aliphatic heterocycles. The number of carbonyl (C=O) groups is 2. The summed E-state index contributed by atoms with van der Waals surface area (Å²) in [6.07, 6.45) is 8.07. The number of hydrogen-bond acceptors (Lipinski definition) is 8. The first-order valence-electron chi connectivity index (χ1n) is 11.4. The van der Waals surface area contributed by atoms with E-state index in [4.69, 9.17) is 9.15 Å². The Morgan fingerprint density at radius 2 is 2.00 bits per heavy atom. The van der Waals surface area contributed by atoms with Crippen molar-refractivity contribution in [3.8, 4) is 5.75 Å². The van der Waals surface area contributed by atoms with Crippen molar-refractivity contribution in [3.63, 3.8) is 0 Å². The van der Waals surface area contributed by atoms with Crippen LogP contribution < -0.4 is 10.9 Å². The molecule has 0 aliphatic carbocycles. The minimum Gasteiger partial charge on any atom is -0.507 e. The van der Waals surface area contributed by atoms with Gasteiger partial charge in [0.1, 0.15) is 17.1 Å². The largest absolute Gasteiger partial charge is 0.507 e. The van der Waals surface area contributed by atoms with Gasteiger partial charge in [-0.2, -0.15) is 0 Å². The number of alkyl carbamates (subject to hydrolysis) is 1. The van der Waals surface area contributed by atoms with Gasteiger partial charge in [0.25, 0.3) is 0 Å². The lowest BCUT2D eigenvalue weighted by Gasteiger charge is -2.11. The van der Waals surface area contributed by atoms with E-state index in [1.807, 2.05) is 13.0 Å². The molecule has 8 nitrogen and oxygen atoms in total. The van der Waals surface area contributed by atoms with Crippen molar-refractivity contribution in [1.29, 1.82) is 0 Å². The Labute approximate surface area is 209 Å². The van der Waals surface area contributed by atoms with Crippen LogP contribution in [0.4, 0.5) is 4.79 Å². The van der Waals surface area contributed by atoms with Gasteiger partial charge in [-0.3, -0.25) is 10.1 Å². The van der Waals surface area contributed by atoms with Crippen molar-refractivity contribution in [1.82, 2.24) is 5.32 Å². The molecule has 0 bridgehead atoms. The van der Waals surface area contributed by atoms with Crippen molar-refractivity contribution >= 4 is 23.2 Å². The van der Waals surface area contributed by atoms with Gasteiger partial charge >= 0.3 is 11.7 Å². The van der Waals surface area contributed by atoms with E-state index in [1.54, 1.807) is 37.5 Å². The highest BCUT2D eigenvalue weighted by Crippen LogP contribution is 2.26. The maximum Gasteiger partial charge on any atom is 0.410 e. The van der Waals surface area contributed by atoms with Crippen molar-refractivity contribution < 1.29 is 28.6 Å². The molecule has 2 aromatic heterocycles. The number of nitrogens with one attached hydrogen (secondary N) is 1. The topological polar surface area (TPSA) is 115 Å². The van der Waals surface area contributed by atoms with Gasteiger partial charge in [0.15, 0.2) is 5.78 Å². The van der Waals surface area contributed by atoms with Crippen molar-refractivity contribution in [2.24, 2.45) is 0 Å². The molecule has 0 aromatic carbocycles. The molecule has 35 heavy (non-hydrogen) atoms. The Balaban J connectivity index is 2.01. The molecule has 0 saturated carbocycles.